The van der Waals surface area contributed by atoms with Crippen LogP contribution >= 0.6 is 0 Å². The van der Waals surface area contributed by atoms with Gasteiger partial charge in [0.2, 0.25) is 0 Å². The molecular formula is C27H22O9. The van der Waals surface area contributed by atoms with Gasteiger partial charge in [-0.3, -0.25) is 0 Å². The monoisotopic (exact) mass is 490 g/mol. The second-order valence-electron chi connectivity index (χ2n) is 6.56. The Hall–Kier alpha value is -5.18. The third-order valence-electron chi connectivity index (χ3n) is 4.00. The third-order valence-corrected chi connectivity index (χ3v) is 4.00. The lowest BCUT2D eigenvalue weighted by atomic mass is 10.2. The fourth-order valence-electron chi connectivity index (χ4n) is 2.48. The van der Waals surface area contributed by atoms with E-state index in [-0.39, 0.29) is 35.4 Å². The summed E-state index contributed by atoms with van der Waals surface area (Å²) in [6.07, 6.45) is 7.20. The first-order valence-corrected chi connectivity index (χ1v) is 10.2. The summed E-state index contributed by atoms with van der Waals surface area (Å²) < 4.78 is 26.0. The van der Waals surface area contributed by atoms with Crippen LogP contribution in [0.25, 0.3) is 6.08 Å². The van der Waals surface area contributed by atoms with Crippen molar-refractivity contribution in [3.8, 4) is 28.7 Å². The van der Waals surface area contributed by atoms with E-state index >= 15 is 0 Å². The smallest absolute Gasteiger partial charge is 0.335 e. The average molecular weight is 490 g/mol. The van der Waals surface area contributed by atoms with Crippen LogP contribution in [0, 0.1) is 0 Å². The van der Waals surface area contributed by atoms with E-state index in [4.69, 9.17) is 23.7 Å². The summed E-state index contributed by atoms with van der Waals surface area (Å²) in [6.45, 7) is 13.4. The zero-order chi connectivity index (χ0) is 26.5. The van der Waals surface area contributed by atoms with E-state index < -0.39 is 23.9 Å². The molecule has 0 aliphatic rings. The van der Waals surface area contributed by atoms with E-state index in [2.05, 4.69) is 26.3 Å². The van der Waals surface area contributed by atoms with Crippen LogP contribution in [0.5, 0.6) is 28.7 Å². The first-order chi connectivity index (χ1) is 17.3. The summed E-state index contributed by atoms with van der Waals surface area (Å²) >= 11 is 0. The quantitative estimate of drug-likeness (QED) is 0.246. The van der Waals surface area contributed by atoms with Gasteiger partial charge in [0.25, 0.3) is 0 Å². The van der Waals surface area contributed by atoms with Crippen molar-refractivity contribution in [2.75, 3.05) is 6.61 Å². The summed E-state index contributed by atoms with van der Waals surface area (Å²) in [6, 6.07) is 8.73. The molecule has 2 rings (SSSR count). The molecule has 184 valence electrons. The predicted octanol–water partition coefficient (Wildman–Crippen LogP) is 4.14. The van der Waals surface area contributed by atoms with Crippen LogP contribution in [-0.2, 0) is 19.2 Å². The molecule has 0 atom stereocenters. The molecule has 36 heavy (non-hydrogen) atoms. The lowest BCUT2D eigenvalue weighted by Crippen LogP contribution is -2.08. The van der Waals surface area contributed by atoms with Gasteiger partial charge < -0.3 is 23.7 Å². The lowest BCUT2D eigenvalue weighted by Gasteiger charge is -2.10. The minimum absolute atomic E-state index is 0.00332. The number of carbonyl (C=O) groups is 4. The summed E-state index contributed by atoms with van der Waals surface area (Å²) in [5.41, 5.74) is 0.595. The van der Waals surface area contributed by atoms with Crippen LogP contribution in [0.4, 0.5) is 0 Å². The van der Waals surface area contributed by atoms with Crippen LogP contribution in [0.3, 0.4) is 0 Å². The van der Waals surface area contributed by atoms with E-state index in [1.54, 1.807) is 18.2 Å². The lowest BCUT2D eigenvalue weighted by molar-refractivity contribution is -0.131. The van der Waals surface area contributed by atoms with Gasteiger partial charge in [0, 0.05) is 42.5 Å². The molecule has 0 bridgehead atoms. The SMILES string of the molecule is C=CC(=O)Oc1cc(OCC=Cc2ccc(OC(=O)C=C)c(OC(=O)C=C)c2)cc(OC(=O)C=C)c1. The Morgan fingerprint density at radius 3 is 1.61 bits per heavy atom. The van der Waals surface area contributed by atoms with E-state index in [0.717, 1.165) is 24.3 Å². The zero-order valence-electron chi connectivity index (χ0n) is 19.1. The first-order valence-electron chi connectivity index (χ1n) is 10.2. The minimum Gasteiger partial charge on any atom is -0.489 e. The van der Waals surface area contributed by atoms with Gasteiger partial charge in [-0.05, 0) is 23.8 Å². The number of rotatable bonds is 12. The van der Waals surface area contributed by atoms with Gasteiger partial charge in [-0.2, -0.15) is 0 Å². The number of esters is 4. The molecule has 0 unspecified atom stereocenters. The maximum atomic E-state index is 11.6. The van der Waals surface area contributed by atoms with Gasteiger partial charge in [-0.1, -0.05) is 38.5 Å². The largest absolute Gasteiger partial charge is 0.489 e. The van der Waals surface area contributed by atoms with E-state index in [9.17, 15) is 19.2 Å². The van der Waals surface area contributed by atoms with E-state index in [1.165, 1.54) is 30.3 Å². The number of ether oxygens (including phenoxy) is 5. The van der Waals surface area contributed by atoms with Crippen molar-refractivity contribution in [2.45, 2.75) is 0 Å². The molecule has 0 aliphatic heterocycles. The van der Waals surface area contributed by atoms with Crippen molar-refractivity contribution >= 4 is 30.0 Å². The van der Waals surface area contributed by atoms with Crippen LogP contribution in [0.1, 0.15) is 5.56 Å². The molecular weight excluding hydrogens is 468 g/mol. The molecule has 2 aromatic carbocycles. The summed E-state index contributed by atoms with van der Waals surface area (Å²) in [5.74, 6) is -2.44. The van der Waals surface area contributed by atoms with Crippen LogP contribution in [0.2, 0.25) is 0 Å². The number of hydrogen-bond donors (Lipinski definition) is 0. The van der Waals surface area contributed by atoms with Gasteiger partial charge in [0.15, 0.2) is 11.5 Å². The Balaban J connectivity index is 2.18. The molecule has 9 heteroatoms. The van der Waals surface area contributed by atoms with E-state index in [0.29, 0.717) is 5.56 Å². The summed E-state index contributed by atoms with van der Waals surface area (Å²) in [4.78, 5) is 46.2. The Kier molecular flexibility index (Phi) is 10.2. The Labute approximate surface area is 207 Å². The first kappa shape index (κ1) is 27.1. The molecule has 0 heterocycles. The van der Waals surface area contributed by atoms with Crippen LogP contribution in [0.15, 0.2) is 93.1 Å². The van der Waals surface area contributed by atoms with E-state index in [1.807, 2.05) is 0 Å². The molecule has 0 amide bonds. The highest BCUT2D eigenvalue weighted by molar-refractivity contribution is 5.86. The van der Waals surface area contributed by atoms with Crippen LogP contribution < -0.4 is 23.7 Å². The number of carbonyl (C=O) groups excluding carboxylic acids is 4. The maximum absolute atomic E-state index is 11.6. The second kappa shape index (κ2) is 13.5. The summed E-state index contributed by atoms with van der Waals surface area (Å²) in [5, 5.41) is 0. The highest BCUT2D eigenvalue weighted by Gasteiger charge is 2.12. The number of benzene rings is 2. The van der Waals surface area contributed by atoms with Gasteiger partial charge in [0.05, 0.1) is 0 Å². The van der Waals surface area contributed by atoms with Crippen molar-refractivity contribution in [1.82, 2.24) is 0 Å². The fraction of sp³-hybridized carbons (Fsp3) is 0.0370. The average Bonchev–Trinajstić information content (AvgIpc) is 2.87. The fourth-order valence-corrected chi connectivity index (χ4v) is 2.48. The van der Waals surface area contributed by atoms with Gasteiger partial charge in [-0.25, -0.2) is 19.2 Å². The Morgan fingerprint density at radius 2 is 1.08 bits per heavy atom. The van der Waals surface area contributed by atoms with Gasteiger partial charge >= 0.3 is 23.9 Å². The van der Waals surface area contributed by atoms with Crippen molar-refractivity contribution in [3.05, 3.63) is 98.7 Å². The van der Waals surface area contributed by atoms with Crippen molar-refractivity contribution in [3.63, 3.8) is 0 Å². The standard InChI is InChI=1S/C27H22O9/c1-5-24(28)33-20-15-19(16-21(17-20)34-25(29)6-2)32-13-9-10-18-11-12-22(35-26(30)7-3)23(14-18)36-27(31)8-4/h5-12,14-17H,1-4,13H2. The third kappa shape index (κ3) is 8.64. The molecule has 2 aromatic rings. The van der Waals surface area contributed by atoms with Crippen molar-refractivity contribution < 1.29 is 42.9 Å². The maximum Gasteiger partial charge on any atom is 0.335 e. The highest BCUT2D eigenvalue weighted by Crippen LogP contribution is 2.30. The normalized spacial score (nSPS) is 10.0. The van der Waals surface area contributed by atoms with Crippen LogP contribution in [-0.4, -0.2) is 30.5 Å². The molecule has 0 spiro atoms. The molecule has 0 aliphatic carbocycles. The molecule has 0 N–H and O–H groups in total. The second-order valence-corrected chi connectivity index (χ2v) is 6.56. The number of hydrogen-bond acceptors (Lipinski definition) is 9. The molecule has 0 radical (unpaired) electrons. The van der Waals surface area contributed by atoms with Crippen molar-refractivity contribution in [2.24, 2.45) is 0 Å². The molecule has 0 saturated carbocycles. The van der Waals surface area contributed by atoms with Gasteiger partial charge in [-0.15, -0.1) is 0 Å². The minimum atomic E-state index is -0.736. The Bertz CT molecular complexity index is 1200. The molecule has 0 saturated heterocycles. The van der Waals surface area contributed by atoms with Crippen molar-refractivity contribution in [1.29, 1.82) is 0 Å². The van der Waals surface area contributed by atoms with Gasteiger partial charge in [0.1, 0.15) is 23.9 Å². The Morgan fingerprint density at radius 1 is 0.611 bits per heavy atom. The highest BCUT2D eigenvalue weighted by atomic mass is 16.6. The molecule has 0 fully saturated rings. The predicted molar refractivity (Wildman–Crippen MR) is 131 cm³/mol. The molecule has 9 nitrogen and oxygen atoms in total. The molecule has 0 aromatic heterocycles. The topological polar surface area (TPSA) is 114 Å². The summed E-state index contributed by atoms with van der Waals surface area (Å²) in [7, 11) is 0. The zero-order valence-corrected chi connectivity index (χ0v) is 19.1.